The number of nitrogens with one attached hydrogen (secondary N) is 1. The summed E-state index contributed by atoms with van der Waals surface area (Å²) in [5.41, 5.74) is 7.91. The Labute approximate surface area is 106 Å². The average molecular weight is 244 g/mol. The minimum absolute atomic E-state index is 0.216. The van der Waals surface area contributed by atoms with Crippen LogP contribution in [0.1, 0.15) is 5.82 Å². The standard InChI is InChI=1S/C13H16N4O/c1-9-16-8-12(15-6-5-14)13(17-9)10-3-2-4-11(18)7-10/h2-4,7-8,15,18H,5-6,14H2,1H3. The highest BCUT2D eigenvalue weighted by atomic mass is 16.3. The van der Waals surface area contributed by atoms with E-state index in [4.69, 9.17) is 5.73 Å². The number of hydrogen-bond donors (Lipinski definition) is 3. The third kappa shape index (κ3) is 2.75. The van der Waals surface area contributed by atoms with Gasteiger partial charge in [0.2, 0.25) is 0 Å². The van der Waals surface area contributed by atoms with Crippen LogP contribution in [0.2, 0.25) is 0 Å². The van der Waals surface area contributed by atoms with Crippen LogP contribution in [0.25, 0.3) is 11.3 Å². The summed E-state index contributed by atoms with van der Waals surface area (Å²) in [5.74, 6) is 0.903. The number of hydrogen-bond acceptors (Lipinski definition) is 5. The van der Waals surface area contributed by atoms with Gasteiger partial charge in [-0.3, -0.25) is 0 Å². The van der Waals surface area contributed by atoms with E-state index in [1.54, 1.807) is 24.4 Å². The first-order chi connectivity index (χ1) is 8.70. The molecule has 0 radical (unpaired) electrons. The second kappa shape index (κ2) is 5.46. The van der Waals surface area contributed by atoms with Crippen molar-refractivity contribution in [2.75, 3.05) is 18.4 Å². The number of rotatable bonds is 4. The molecule has 5 heteroatoms. The first-order valence-corrected chi connectivity index (χ1v) is 5.77. The zero-order valence-electron chi connectivity index (χ0n) is 10.2. The molecule has 0 spiro atoms. The molecule has 0 saturated heterocycles. The molecule has 0 aliphatic carbocycles. The van der Waals surface area contributed by atoms with E-state index in [1.807, 2.05) is 13.0 Å². The molecule has 1 heterocycles. The van der Waals surface area contributed by atoms with E-state index in [1.165, 1.54) is 0 Å². The highest BCUT2D eigenvalue weighted by molar-refractivity contribution is 5.74. The number of nitrogens with two attached hydrogens (primary N) is 1. The van der Waals surface area contributed by atoms with Crippen molar-refractivity contribution in [1.29, 1.82) is 0 Å². The molecule has 4 N–H and O–H groups in total. The van der Waals surface area contributed by atoms with Crippen molar-refractivity contribution in [3.63, 3.8) is 0 Å². The fraction of sp³-hybridized carbons (Fsp3) is 0.231. The predicted octanol–water partition coefficient (Wildman–Crippen LogP) is 1.53. The van der Waals surface area contributed by atoms with Gasteiger partial charge in [-0.25, -0.2) is 9.97 Å². The topological polar surface area (TPSA) is 84.1 Å². The summed E-state index contributed by atoms with van der Waals surface area (Å²) in [4.78, 5) is 8.58. The lowest BCUT2D eigenvalue weighted by atomic mass is 10.1. The third-order valence-electron chi connectivity index (χ3n) is 2.49. The number of aromatic hydroxyl groups is 1. The molecule has 0 atom stereocenters. The smallest absolute Gasteiger partial charge is 0.126 e. The number of aryl methyl sites for hydroxylation is 1. The van der Waals surface area contributed by atoms with Crippen molar-refractivity contribution in [1.82, 2.24) is 9.97 Å². The summed E-state index contributed by atoms with van der Waals surface area (Å²) in [5, 5.41) is 12.7. The van der Waals surface area contributed by atoms with E-state index in [0.29, 0.717) is 18.9 Å². The minimum Gasteiger partial charge on any atom is -0.508 e. The van der Waals surface area contributed by atoms with Crippen LogP contribution in [0, 0.1) is 6.92 Å². The summed E-state index contributed by atoms with van der Waals surface area (Å²) < 4.78 is 0. The number of phenolic OH excluding ortho intramolecular Hbond substituents is 1. The fourth-order valence-corrected chi connectivity index (χ4v) is 1.68. The number of aromatic nitrogens is 2. The van der Waals surface area contributed by atoms with E-state index in [9.17, 15) is 5.11 Å². The summed E-state index contributed by atoms with van der Waals surface area (Å²) >= 11 is 0. The number of benzene rings is 1. The van der Waals surface area contributed by atoms with Gasteiger partial charge in [0.05, 0.1) is 17.6 Å². The highest BCUT2D eigenvalue weighted by Gasteiger charge is 2.08. The van der Waals surface area contributed by atoms with Crippen LogP contribution in [0.4, 0.5) is 5.69 Å². The highest BCUT2D eigenvalue weighted by Crippen LogP contribution is 2.27. The van der Waals surface area contributed by atoms with Crippen molar-refractivity contribution in [2.45, 2.75) is 6.92 Å². The molecule has 0 saturated carbocycles. The summed E-state index contributed by atoms with van der Waals surface area (Å²) in [6.07, 6.45) is 1.73. The van der Waals surface area contributed by atoms with Gasteiger partial charge in [0.15, 0.2) is 0 Å². The van der Waals surface area contributed by atoms with Gasteiger partial charge in [0.1, 0.15) is 11.6 Å². The second-order valence-corrected chi connectivity index (χ2v) is 3.95. The lowest BCUT2D eigenvalue weighted by molar-refractivity contribution is 0.475. The number of anilines is 1. The number of nitrogens with zero attached hydrogens (tertiary/aromatic N) is 2. The van der Waals surface area contributed by atoms with Gasteiger partial charge in [0, 0.05) is 18.7 Å². The fourth-order valence-electron chi connectivity index (χ4n) is 1.68. The summed E-state index contributed by atoms with van der Waals surface area (Å²) in [6.45, 7) is 3.02. The van der Waals surface area contributed by atoms with Crippen LogP contribution in [0.5, 0.6) is 5.75 Å². The molecule has 0 aliphatic rings. The monoisotopic (exact) mass is 244 g/mol. The zero-order chi connectivity index (χ0) is 13.0. The molecule has 0 aliphatic heterocycles. The molecule has 1 aromatic carbocycles. The lowest BCUT2D eigenvalue weighted by Gasteiger charge is -2.11. The second-order valence-electron chi connectivity index (χ2n) is 3.95. The van der Waals surface area contributed by atoms with Crippen molar-refractivity contribution in [3.05, 3.63) is 36.3 Å². The van der Waals surface area contributed by atoms with Crippen LogP contribution in [0.15, 0.2) is 30.5 Å². The zero-order valence-corrected chi connectivity index (χ0v) is 10.2. The van der Waals surface area contributed by atoms with Gasteiger partial charge in [-0.05, 0) is 19.1 Å². The van der Waals surface area contributed by atoms with E-state index in [-0.39, 0.29) is 5.75 Å². The number of phenols is 1. The first kappa shape index (κ1) is 12.3. The Morgan fingerprint density at radius 1 is 1.39 bits per heavy atom. The molecule has 5 nitrogen and oxygen atoms in total. The lowest BCUT2D eigenvalue weighted by Crippen LogP contribution is -2.14. The molecular weight excluding hydrogens is 228 g/mol. The van der Waals surface area contributed by atoms with Gasteiger partial charge in [-0.2, -0.15) is 0 Å². The molecule has 2 rings (SSSR count). The third-order valence-corrected chi connectivity index (χ3v) is 2.49. The molecular formula is C13H16N4O. The molecule has 2 aromatic rings. The van der Waals surface area contributed by atoms with Crippen molar-refractivity contribution in [2.24, 2.45) is 5.73 Å². The molecule has 94 valence electrons. The maximum absolute atomic E-state index is 9.53. The first-order valence-electron chi connectivity index (χ1n) is 5.77. The Morgan fingerprint density at radius 3 is 2.94 bits per heavy atom. The maximum Gasteiger partial charge on any atom is 0.126 e. The van der Waals surface area contributed by atoms with Crippen LogP contribution < -0.4 is 11.1 Å². The van der Waals surface area contributed by atoms with Crippen LogP contribution in [0.3, 0.4) is 0 Å². The minimum atomic E-state index is 0.216. The van der Waals surface area contributed by atoms with E-state index in [0.717, 1.165) is 16.9 Å². The molecule has 0 unspecified atom stereocenters. The van der Waals surface area contributed by atoms with Gasteiger partial charge in [0.25, 0.3) is 0 Å². The molecule has 0 fully saturated rings. The van der Waals surface area contributed by atoms with Crippen LogP contribution in [-0.4, -0.2) is 28.2 Å². The van der Waals surface area contributed by atoms with Crippen molar-refractivity contribution >= 4 is 5.69 Å². The van der Waals surface area contributed by atoms with Gasteiger partial charge < -0.3 is 16.2 Å². The normalized spacial score (nSPS) is 10.3. The SMILES string of the molecule is Cc1ncc(NCCN)c(-c2cccc(O)c2)n1. The Kier molecular flexibility index (Phi) is 3.74. The predicted molar refractivity (Wildman–Crippen MR) is 71.4 cm³/mol. The molecule has 1 aromatic heterocycles. The Balaban J connectivity index is 2.44. The Bertz CT molecular complexity index is 542. The summed E-state index contributed by atoms with van der Waals surface area (Å²) in [6, 6.07) is 6.99. The van der Waals surface area contributed by atoms with Gasteiger partial charge >= 0.3 is 0 Å². The summed E-state index contributed by atoms with van der Waals surface area (Å²) in [7, 11) is 0. The molecule has 18 heavy (non-hydrogen) atoms. The average Bonchev–Trinajstić information content (AvgIpc) is 2.37. The van der Waals surface area contributed by atoms with Crippen molar-refractivity contribution < 1.29 is 5.11 Å². The van der Waals surface area contributed by atoms with E-state index in [2.05, 4.69) is 15.3 Å². The van der Waals surface area contributed by atoms with Crippen LogP contribution in [-0.2, 0) is 0 Å². The van der Waals surface area contributed by atoms with E-state index < -0.39 is 0 Å². The largest absolute Gasteiger partial charge is 0.508 e. The Morgan fingerprint density at radius 2 is 2.22 bits per heavy atom. The van der Waals surface area contributed by atoms with E-state index >= 15 is 0 Å². The molecule has 0 bridgehead atoms. The quantitative estimate of drug-likeness (QED) is 0.759. The molecule has 0 amide bonds. The maximum atomic E-state index is 9.53. The van der Waals surface area contributed by atoms with Crippen molar-refractivity contribution in [3.8, 4) is 17.0 Å². The van der Waals surface area contributed by atoms with Crippen LogP contribution >= 0.6 is 0 Å². The van der Waals surface area contributed by atoms with Gasteiger partial charge in [-0.15, -0.1) is 0 Å². The Hall–Kier alpha value is -2.14. The van der Waals surface area contributed by atoms with Gasteiger partial charge in [-0.1, -0.05) is 12.1 Å².